The second kappa shape index (κ2) is 4.52. The maximum atomic E-state index is 12.2. The van der Waals surface area contributed by atoms with Gasteiger partial charge in [-0.3, -0.25) is 4.79 Å². The van der Waals surface area contributed by atoms with Gasteiger partial charge in [0.1, 0.15) is 11.2 Å². The Bertz CT molecular complexity index is 704. The number of H-pyrrole nitrogens is 1. The van der Waals surface area contributed by atoms with E-state index in [-0.39, 0.29) is 0 Å². The number of carboxylic acid groups (broad SMARTS) is 1. The maximum absolute atomic E-state index is 12.2. The molecule has 3 N–H and O–H groups in total. The molecule has 1 aliphatic carbocycles. The Balaban J connectivity index is 1.89. The van der Waals surface area contributed by atoms with E-state index in [1.807, 2.05) is 6.07 Å². The number of amides is 1. The summed E-state index contributed by atoms with van der Waals surface area (Å²) in [5, 5.41) is 13.1. The predicted molar refractivity (Wildman–Crippen MR) is 75.0 cm³/mol. The summed E-state index contributed by atoms with van der Waals surface area (Å²) in [6, 6.07) is 6.98. The van der Waals surface area contributed by atoms with Crippen molar-refractivity contribution in [3.8, 4) is 0 Å². The summed E-state index contributed by atoms with van der Waals surface area (Å²) < 4.78 is 0. The van der Waals surface area contributed by atoms with Crippen molar-refractivity contribution in [2.45, 2.75) is 24.8 Å². The average Bonchev–Trinajstić information content (AvgIpc) is 2.78. The number of carbonyl (C=O) groups excluding carboxylic acids is 1. The minimum atomic E-state index is -1.11. The van der Waals surface area contributed by atoms with Crippen LogP contribution in [-0.4, -0.2) is 27.5 Å². The molecular weight excluding hydrogens is 280 g/mol. The first-order valence-corrected chi connectivity index (χ1v) is 6.73. The first-order chi connectivity index (χ1) is 9.52. The van der Waals surface area contributed by atoms with Gasteiger partial charge in [0, 0.05) is 15.9 Å². The Morgan fingerprint density at radius 1 is 1.35 bits per heavy atom. The molecule has 1 aromatic carbocycles. The highest BCUT2D eigenvalue weighted by atomic mass is 35.5. The van der Waals surface area contributed by atoms with Crippen LogP contribution in [0.2, 0.25) is 5.02 Å². The number of hydrogen-bond donors (Lipinski definition) is 3. The lowest BCUT2D eigenvalue weighted by Crippen LogP contribution is -2.59. The van der Waals surface area contributed by atoms with Crippen molar-refractivity contribution in [2.75, 3.05) is 0 Å². The molecule has 104 valence electrons. The van der Waals surface area contributed by atoms with Crippen LogP contribution in [0.25, 0.3) is 10.9 Å². The van der Waals surface area contributed by atoms with Crippen molar-refractivity contribution in [3.05, 3.63) is 35.0 Å². The van der Waals surface area contributed by atoms with Gasteiger partial charge in [-0.05, 0) is 37.5 Å². The molecular formula is C14H13ClN2O3. The van der Waals surface area contributed by atoms with Gasteiger partial charge in [0.2, 0.25) is 0 Å². The summed E-state index contributed by atoms with van der Waals surface area (Å²) in [4.78, 5) is 26.4. The van der Waals surface area contributed by atoms with E-state index >= 15 is 0 Å². The minimum Gasteiger partial charge on any atom is -0.480 e. The number of halogens is 1. The van der Waals surface area contributed by atoms with Crippen LogP contribution in [0.1, 0.15) is 29.8 Å². The van der Waals surface area contributed by atoms with E-state index in [0.29, 0.717) is 23.6 Å². The minimum absolute atomic E-state index is 0.320. The third kappa shape index (κ3) is 1.94. The smallest absolute Gasteiger partial charge is 0.329 e. The van der Waals surface area contributed by atoms with Crippen molar-refractivity contribution in [2.24, 2.45) is 0 Å². The van der Waals surface area contributed by atoms with Crippen molar-refractivity contribution in [3.63, 3.8) is 0 Å². The lowest BCUT2D eigenvalue weighted by atomic mass is 9.76. The number of fused-ring (bicyclic) bond motifs is 1. The number of nitrogens with one attached hydrogen (secondary N) is 2. The molecule has 0 bridgehead atoms. The number of carbonyl (C=O) groups is 2. The molecule has 0 saturated heterocycles. The van der Waals surface area contributed by atoms with Crippen LogP contribution in [0.15, 0.2) is 24.3 Å². The van der Waals surface area contributed by atoms with Crippen molar-refractivity contribution in [1.29, 1.82) is 0 Å². The van der Waals surface area contributed by atoms with Crippen LogP contribution in [-0.2, 0) is 4.79 Å². The van der Waals surface area contributed by atoms with Crippen LogP contribution in [0, 0.1) is 0 Å². The molecule has 0 radical (unpaired) electrons. The SMILES string of the molecule is O=C(NC1(C(=O)O)CCC1)c1cc2c(Cl)cccc2[nH]1. The third-order valence-corrected chi connectivity index (χ3v) is 4.15. The van der Waals surface area contributed by atoms with Gasteiger partial charge in [-0.1, -0.05) is 17.7 Å². The number of aromatic amines is 1. The van der Waals surface area contributed by atoms with Crippen LogP contribution < -0.4 is 5.32 Å². The molecule has 0 aliphatic heterocycles. The fraction of sp³-hybridized carbons (Fsp3) is 0.286. The summed E-state index contributed by atoms with van der Waals surface area (Å²) in [7, 11) is 0. The van der Waals surface area contributed by atoms with Gasteiger partial charge in [-0.25, -0.2) is 4.79 Å². The second-order valence-corrected chi connectivity index (χ2v) is 5.49. The average molecular weight is 293 g/mol. The highest BCUT2D eigenvalue weighted by molar-refractivity contribution is 6.35. The number of benzene rings is 1. The highest BCUT2D eigenvalue weighted by Gasteiger charge is 2.45. The standard InChI is InChI=1S/C14H13ClN2O3/c15-9-3-1-4-10-8(9)7-11(16-10)12(18)17-14(13(19)20)5-2-6-14/h1,3-4,7,16H,2,5-6H2,(H,17,18)(H,19,20). The summed E-state index contributed by atoms with van der Waals surface area (Å²) in [6.07, 6.45) is 1.75. The van der Waals surface area contributed by atoms with E-state index in [9.17, 15) is 14.7 Å². The van der Waals surface area contributed by atoms with Gasteiger partial charge < -0.3 is 15.4 Å². The molecule has 1 aliphatic rings. The van der Waals surface area contributed by atoms with Gasteiger partial charge in [-0.15, -0.1) is 0 Å². The summed E-state index contributed by atoms with van der Waals surface area (Å²) in [5.74, 6) is -1.40. The van der Waals surface area contributed by atoms with E-state index in [2.05, 4.69) is 10.3 Å². The zero-order chi connectivity index (χ0) is 14.3. The Hall–Kier alpha value is -2.01. The first-order valence-electron chi connectivity index (χ1n) is 6.35. The normalized spacial score (nSPS) is 16.6. The topological polar surface area (TPSA) is 82.2 Å². The maximum Gasteiger partial charge on any atom is 0.329 e. The Labute approximate surface area is 119 Å². The Kier molecular flexibility index (Phi) is 2.94. The Morgan fingerprint density at radius 2 is 2.10 bits per heavy atom. The van der Waals surface area contributed by atoms with Crippen molar-refractivity contribution < 1.29 is 14.7 Å². The molecule has 1 heterocycles. The van der Waals surface area contributed by atoms with Gasteiger partial charge in [0.05, 0.1) is 0 Å². The van der Waals surface area contributed by atoms with Crippen molar-refractivity contribution >= 4 is 34.4 Å². The molecule has 0 unspecified atom stereocenters. The van der Waals surface area contributed by atoms with Crippen molar-refractivity contribution in [1.82, 2.24) is 10.3 Å². The number of aromatic nitrogens is 1. The molecule has 0 spiro atoms. The largest absolute Gasteiger partial charge is 0.480 e. The second-order valence-electron chi connectivity index (χ2n) is 5.08. The van der Waals surface area contributed by atoms with Gasteiger partial charge in [0.15, 0.2) is 0 Å². The van der Waals surface area contributed by atoms with E-state index in [4.69, 9.17) is 11.6 Å². The van der Waals surface area contributed by atoms with Crippen LogP contribution in [0.4, 0.5) is 0 Å². The van der Waals surface area contributed by atoms with E-state index in [1.165, 1.54) is 0 Å². The van der Waals surface area contributed by atoms with Crippen LogP contribution in [0.5, 0.6) is 0 Å². The highest BCUT2D eigenvalue weighted by Crippen LogP contribution is 2.32. The number of aliphatic carboxylic acids is 1. The lowest BCUT2D eigenvalue weighted by Gasteiger charge is -2.38. The zero-order valence-corrected chi connectivity index (χ0v) is 11.3. The molecule has 6 heteroatoms. The van der Waals surface area contributed by atoms with Gasteiger partial charge in [-0.2, -0.15) is 0 Å². The van der Waals surface area contributed by atoms with Crippen LogP contribution in [0.3, 0.4) is 0 Å². The summed E-state index contributed by atoms with van der Waals surface area (Å²) in [5.41, 5.74) is -0.0423. The van der Waals surface area contributed by atoms with E-state index in [1.54, 1.807) is 18.2 Å². The van der Waals surface area contributed by atoms with Gasteiger partial charge in [0.25, 0.3) is 5.91 Å². The predicted octanol–water partition coefficient (Wildman–Crippen LogP) is 2.56. The lowest BCUT2D eigenvalue weighted by molar-refractivity contribution is -0.148. The molecule has 5 nitrogen and oxygen atoms in total. The monoisotopic (exact) mass is 292 g/mol. The molecule has 1 aromatic heterocycles. The quantitative estimate of drug-likeness (QED) is 0.813. The number of rotatable bonds is 3. The summed E-state index contributed by atoms with van der Waals surface area (Å²) >= 11 is 6.05. The number of carboxylic acids is 1. The third-order valence-electron chi connectivity index (χ3n) is 3.82. The molecule has 2 aromatic rings. The molecule has 0 atom stereocenters. The fourth-order valence-corrected chi connectivity index (χ4v) is 2.68. The van der Waals surface area contributed by atoms with Crippen LogP contribution >= 0.6 is 11.6 Å². The molecule has 1 fully saturated rings. The summed E-state index contributed by atoms with van der Waals surface area (Å²) in [6.45, 7) is 0. The fourth-order valence-electron chi connectivity index (χ4n) is 2.45. The number of hydrogen-bond acceptors (Lipinski definition) is 2. The molecule has 1 saturated carbocycles. The molecule has 3 rings (SSSR count). The van der Waals surface area contributed by atoms with E-state index in [0.717, 1.165) is 17.3 Å². The Morgan fingerprint density at radius 3 is 2.65 bits per heavy atom. The first kappa shape index (κ1) is 13.0. The van der Waals surface area contributed by atoms with E-state index < -0.39 is 17.4 Å². The zero-order valence-electron chi connectivity index (χ0n) is 10.6. The molecule has 1 amide bonds. The van der Waals surface area contributed by atoms with Gasteiger partial charge >= 0.3 is 5.97 Å². The molecule has 20 heavy (non-hydrogen) atoms.